The SMILES string of the molecule is C=C(P)[C@@H](N)CCSC. The highest BCUT2D eigenvalue weighted by Gasteiger charge is 2.00. The largest absolute Gasteiger partial charge is 0.324 e. The van der Waals surface area contributed by atoms with Crippen molar-refractivity contribution >= 4 is 21.0 Å². The normalized spacial score (nSPS) is 13.2. The summed E-state index contributed by atoms with van der Waals surface area (Å²) in [5, 5.41) is 1.00. The Morgan fingerprint density at radius 1 is 1.89 bits per heavy atom. The van der Waals surface area contributed by atoms with Crippen LogP contribution >= 0.6 is 21.0 Å². The lowest BCUT2D eigenvalue weighted by Crippen LogP contribution is -2.19. The van der Waals surface area contributed by atoms with Crippen LogP contribution in [0.25, 0.3) is 0 Å². The highest BCUT2D eigenvalue weighted by Crippen LogP contribution is 2.10. The maximum Gasteiger partial charge on any atom is 0.0295 e. The fourth-order valence-electron chi connectivity index (χ4n) is 0.430. The van der Waals surface area contributed by atoms with E-state index < -0.39 is 0 Å². The maximum atomic E-state index is 5.67. The van der Waals surface area contributed by atoms with Crippen LogP contribution < -0.4 is 5.73 Å². The molecule has 0 aliphatic carbocycles. The van der Waals surface area contributed by atoms with Gasteiger partial charge in [0.05, 0.1) is 0 Å². The van der Waals surface area contributed by atoms with Crippen molar-refractivity contribution in [3.8, 4) is 0 Å². The Kier molecular flexibility index (Phi) is 5.56. The number of hydrogen-bond donors (Lipinski definition) is 1. The molecule has 2 N–H and O–H groups in total. The van der Waals surface area contributed by atoms with E-state index in [1.807, 2.05) is 11.8 Å². The van der Waals surface area contributed by atoms with Gasteiger partial charge in [0.15, 0.2) is 0 Å². The Morgan fingerprint density at radius 2 is 2.44 bits per heavy atom. The van der Waals surface area contributed by atoms with E-state index >= 15 is 0 Å². The minimum absolute atomic E-state index is 0.169. The third kappa shape index (κ3) is 4.95. The molecule has 2 atom stereocenters. The second kappa shape index (κ2) is 5.28. The number of thioether (sulfide) groups is 1. The summed E-state index contributed by atoms with van der Waals surface area (Å²) in [6.07, 6.45) is 3.11. The predicted molar refractivity (Wildman–Crippen MR) is 49.8 cm³/mol. The van der Waals surface area contributed by atoms with Crippen LogP contribution in [0.15, 0.2) is 11.9 Å². The van der Waals surface area contributed by atoms with Gasteiger partial charge in [-0.15, -0.1) is 9.24 Å². The number of hydrogen-bond acceptors (Lipinski definition) is 2. The van der Waals surface area contributed by atoms with Crippen LogP contribution in [-0.2, 0) is 0 Å². The van der Waals surface area contributed by atoms with E-state index in [-0.39, 0.29) is 6.04 Å². The fourth-order valence-corrected chi connectivity index (χ4v) is 1.09. The molecular formula is C6H14NPS. The van der Waals surface area contributed by atoms with Crippen LogP contribution in [-0.4, -0.2) is 18.1 Å². The van der Waals surface area contributed by atoms with Gasteiger partial charge in [-0.1, -0.05) is 6.58 Å². The molecule has 9 heavy (non-hydrogen) atoms. The van der Waals surface area contributed by atoms with Crippen molar-refractivity contribution in [1.82, 2.24) is 0 Å². The van der Waals surface area contributed by atoms with Crippen LogP contribution in [0, 0.1) is 0 Å². The van der Waals surface area contributed by atoms with Crippen molar-refractivity contribution in [2.75, 3.05) is 12.0 Å². The van der Waals surface area contributed by atoms with Crippen LogP contribution in [0.3, 0.4) is 0 Å². The molecule has 0 fully saturated rings. The summed E-state index contributed by atoms with van der Waals surface area (Å²) in [7, 11) is 2.54. The molecule has 0 saturated carbocycles. The van der Waals surface area contributed by atoms with Gasteiger partial charge in [0.2, 0.25) is 0 Å². The second-order valence-corrected chi connectivity index (χ2v) is 3.69. The fraction of sp³-hybridized carbons (Fsp3) is 0.667. The monoisotopic (exact) mass is 163 g/mol. The molecule has 0 aromatic carbocycles. The molecular weight excluding hydrogens is 149 g/mol. The van der Waals surface area contributed by atoms with Gasteiger partial charge in [-0.3, -0.25) is 0 Å². The minimum Gasteiger partial charge on any atom is -0.324 e. The highest BCUT2D eigenvalue weighted by atomic mass is 32.2. The first-order valence-corrected chi connectivity index (χ1v) is 4.84. The Balaban J connectivity index is 3.27. The first kappa shape index (κ1) is 9.48. The molecule has 0 rings (SSSR count). The molecule has 0 aliphatic rings. The molecule has 0 aliphatic heterocycles. The lowest BCUT2D eigenvalue weighted by atomic mass is 10.2. The molecule has 0 aromatic heterocycles. The zero-order chi connectivity index (χ0) is 7.28. The summed E-state index contributed by atoms with van der Waals surface area (Å²) in [5.41, 5.74) is 5.67. The van der Waals surface area contributed by atoms with E-state index in [4.69, 9.17) is 5.73 Å². The van der Waals surface area contributed by atoms with Crippen LogP contribution in [0.1, 0.15) is 6.42 Å². The standard InChI is InChI=1S/C6H14NPS/c1-5(8)6(7)3-4-9-2/h6H,1,3-4,7-8H2,2H3/t6-/m0/s1. The molecule has 0 heterocycles. The lowest BCUT2D eigenvalue weighted by Gasteiger charge is -2.08. The van der Waals surface area contributed by atoms with E-state index in [2.05, 4.69) is 22.1 Å². The van der Waals surface area contributed by atoms with Crippen LogP contribution in [0.4, 0.5) is 0 Å². The molecule has 1 unspecified atom stereocenters. The summed E-state index contributed by atoms with van der Waals surface area (Å²) in [6, 6.07) is 0.169. The molecule has 0 bridgehead atoms. The zero-order valence-corrected chi connectivity index (χ0v) is 7.73. The number of rotatable bonds is 4. The van der Waals surface area contributed by atoms with E-state index in [0.717, 1.165) is 17.5 Å². The molecule has 54 valence electrons. The molecule has 0 radical (unpaired) electrons. The predicted octanol–water partition coefficient (Wildman–Crippen LogP) is 1.46. The van der Waals surface area contributed by atoms with Gasteiger partial charge >= 0.3 is 0 Å². The van der Waals surface area contributed by atoms with Gasteiger partial charge in [-0.05, 0) is 23.7 Å². The summed E-state index contributed by atoms with van der Waals surface area (Å²) in [4.78, 5) is 0. The van der Waals surface area contributed by atoms with Crippen molar-refractivity contribution in [2.45, 2.75) is 12.5 Å². The summed E-state index contributed by atoms with van der Waals surface area (Å²) in [6.45, 7) is 3.74. The summed E-state index contributed by atoms with van der Waals surface area (Å²) < 4.78 is 0. The van der Waals surface area contributed by atoms with Gasteiger partial charge in [0.1, 0.15) is 0 Å². The zero-order valence-electron chi connectivity index (χ0n) is 5.76. The summed E-state index contributed by atoms with van der Waals surface area (Å²) in [5.74, 6) is 1.12. The smallest absolute Gasteiger partial charge is 0.0295 e. The van der Waals surface area contributed by atoms with Crippen molar-refractivity contribution in [3.63, 3.8) is 0 Å². The van der Waals surface area contributed by atoms with Gasteiger partial charge in [-0.2, -0.15) is 11.8 Å². The molecule has 3 heteroatoms. The quantitative estimate of drug-likeness (QED) is 0.635. The van der Waals surface area contributed by atoms with Gasteiger partial charge in [-0.25, -0.2) is 0 Å². The highest BCUT2D eigenvalue weighted by molar-refractivity contribution is 7.98. The first-order chi connectivity index (χ1) is 4.18. The van der Waals surface area contributed by atoms with E-state index in [1.165, 1.54) is 0 Å². The third-order valence-electron chi connectivity index (χ3n) is 1.11. The van der Waals surface area contributed by atoms with E-state index in [0.29, 0.717) is 0 Å². The Bertz CT molecular complexity index is 95.1. The van der Waals surface area contributed by atoms with Gasteiger partial charge < -0.3 is 5.73 Å². The van der Waals surface area contributed by atoms with Crippen LogP contribution in [0.5, 0.6) is 0 Å². The first-order valence-electron chi connectivity index (χ1n) is 2.87. The average Bonchev–Trinajstić information content (AvgIpc) is 1.82. The van der Waals surface area contributed by atoms with Gasteiger partial charge in [0.25, 0.3) is 0 Å². The Morgan fingerprint density at radius 3 is 2.78 bits per heavy atom. The minimum atomic E-state index is 0.169. The average molecular weight is 163 g/mol. The molecule has 0 saturated heterocycles. The van der Waals surface area contributed by atoms with Gasteiger partial charge in [0, 0.05) is 6.04 Å². The molecule has 0 spiro atoms. The van der Waals surface area contributed by atoms with Crippen molar-refractivity contribution in [1.29, 1.82) is 0 Å². The van der Waals surface area contributed by atoms with Crippen molar-refractivity contribution in [3.05, 3.63) is 11.9 Å². The third-order valence-corrected chi connectivity index (χ3v) is 2.18. The van der Waals surface area contributed by atoms with Crippen LogP contribution in [0.2, 0.25) is 0 Å². The van der Waals surface area contributed by atoms with E-state index in [9.17, 15) is 0 Å². The Labute approximate surface area is 63.7 Å². The lowest BCUT2D eigenvalue weighted by molar-refractivity contribution is 0.782. The number of nitrogens with two attached hydrogens (primary N) is 1. The Hall–Kier alpha value is 0.480. The topological polar surface area (TPSA) is 26.0 Å². The van der Waals surface area contributed by atoms with Crippen molar-refractivity contribution in [2.24, 2.45) is 5.73 Å². The maximum absolute atomic E-state index is 5.67. The second-order valence-electron chi connectivity index (χ2n) is 1.96. The molecule has 0 aromatic rings. The molecule has 1 nitrogen and oxygen atoms in total. The van der Waals surface area contributed by atoms with E-state index in [1.54, 1.807) is 0 Å². The van der Waals surface area contributed by atoms with Crippen molar-refractivity contribution < 1.29 is 0 Å². The molecule has 0 amide bonds. The summed E-state index contributed by atoms with van der Waals surface area (Å²) >= 11 is 1.82.